The van der Waals surface area contributed by atoms with Gasteiger partial charge in [0.25, 0.3) is 0 Å². The van der Waals surface area contributed by atoms with Crippen LogP contribution in [0, 0.1) is 0 Å². The molecule has 0 atom stereocenters. The molecule has 0 unspecified atom stereocenters. The van der Waals surface area contributed by atoms with E-state index in [2.05, 4.69) is 10.1 Å². The van der Waals surface area contributed by atoms with E-state index >= 15 is 0 Å². The molecule has 0 aromatic heterocycles. The normalized spacial score (nSPS) is 10.7. The van der Waals surface area contributed by atoms with Crippen molar-refractivity contribution in [1.82, 2.24) is 10.2 Å². The highest BCUT2D eigenvalue weighted by Crippen LogP contribution is 2.25. The van der Waals surface area contributed by atoms with E-state index in [1.807, 2.05) is 19.0 Å². The van der Waals surface area contributed by atoms with Gasteiger partial charge in [-0.2, -0.15) is 0 Å². The van der Waals surface area contributed by atoms with Crippen molar-refractivity contribution in [2.24, 2.45) is 0 Å². The number of nitrogens with zero attached hydrogens (tertiary/aromatic N) is 1. The zero-order chi connectivity index (χ0) is 13.6. The molecular weight excluding hydrogens is 316 g/mol. The molecule has 1 N–H and O–H groups in total. The molecule has 1 rings (SSSR count). The summed E-state index contributed by atoms with van der Waals surface area (Å²) < 4.78 is 40.5. The molecule has 8 heteroatoms. The number of para-hydroxylation sites is 1. The molecule has 1 aromatic rings. The second-order valence-electron chi connectivity index (χ2n) is 4.14. The number of halogens is 5. The topological polar surface area (TPSA) is 24.5 Å². The minimum atomic E-state index is -4.65. The second-order valence-corrected chi connectivity index (χ2v) is 4.14. The van der Waals surface area contributed by atoms with E-state index in [-0.39, 0.29) is 30.6 Å². The van der Waals surface area contributed by atoms with Crippen molar-refractivity contribution in [3.05, 3.63) is 29.8 Å². The van der Waals surface area contributed by atoms with Crippen LogP contribution < -0.4 is 10.1 Å². The molecule has 0 spiro atoms. The van der Waals surface area contributed by atoms with Crippen LogP contribution in [0.4, 0.5) is 13.2 Å². The molecule has 0 saturated heterocycles. The smallest absolute Gasteiger partial charge is 0.405 e. The summed E-state index contributed by atoms with van der Waals surface area (Å²) in [6.07, 6.45) is -4.65. The van der Waals surface area contributed by atoms with Gasteiger partial charge in [0.2, 0.25) is 0 Å². The van der Waals surface area contributed by atoms with Gasteiger partial charge in [-0.3, -0.25) is 0 Å². The fourth-order valence-corrected chi connectivity index (χ4v) is 1.40. The maximum atomic E-state index is 12.2. The van der Waals surface area contributed by atoms with Gasteiger partial charge in [0.1, 0.15) is 5.75 Å². The molecule has 0 fully saturated rings. The van der Waals surface area contributed by atoms with E-state index < -0.39 is 6.36 Å². The summed E-state index contributed by atoms with van der Waals surface area (Å²) in [7, 11) is 3.87. The van der Waals surface area contributed by atoms with Gasteiger partial charge in [-0.25, -0.2) is 0 Å². The predicted octanol–water partition coefficient (Wildman–Crippen LogP) is 3.08. The fraction of sp³-hybridized carbons (Fsp3) is 0.500. The van der Waals surface area contributed by atoms with E-state index in [0.717, 1.165) is 6.54 Å². The van der Waals surface area contributed by atoms with Gasteiger partial charge in [-0.15, -0.1) is 38.0 Å². The first-order chi connectivity index (χ1) is 8.38. The lowest BCUT2D eigenvalue weighted by molar-refractivity contribution is -0.274. The minimum Gasteiger partial charge on any atom is -0.405 e. The molecule has 0 heterocycles. The molecule has 3 nitrogen and oxygen atoms in total. The largest absolute Gasteiger partial charge is 0.573 e. The number of ether oxygens (including phenoxy) is 1. The highest BCUT2D eigenvalue weighted by atomic mass is 35.5. The predicted molar refractivity (Wildman–Crippen MR) is 77.9 cm³/mol. The van der Waals surface area contributed by atoms with Crippen LogP contribution in [0.5, 0.6) is 5.75 Å². The van der Waals surface area contributed by atoms with Crippen molar-refractivity contribution in [3.8, 4) is 5.75 Å². The fourth-order valence-electron chi connectivity index (χ4n) is 1.40. The second kappa shape index (κ2) is 10.1. The van der Waals surface area contributed by atoms with Crippen molar-refractivity contribution in [1.29, 1.82) is 0 Å². The third-order valence-electron chi connectivity index (χ3n) is 2.25. The first kappa shape index (κ1) is 21.6. The molecule has 0 amide bonds. The van der Waals surface area contributed by atoms with E-state index in [1.54, 1.807) is 12.1 Å². The summed E-state index contributed by atoms with van der Waals surface area (Å²) in [6, 6.07) is 6.14. The quantitative estimate of drug-likeness (QED) is 0.809. The number of nitrogens with one attached hydrogen (secondary N) is 1. The highest BCUT2D eigenvalue weighted by Gasteiger charge is 2.31. The first-order valence-corrected chi connectivity index (χ1v) is 5.57. The van der Waals surface area contributed by atoms with Crippen LogP contribution in [-0.4, -0.2) is 38.4 Å². The Morgan fingerprint density at radius 3 is 2.30 bits per heavy atom. The van der Waals surface area contributed by atoms with E-state index in [9.17, 15) is 13.2 Å². The SMILES string of the molecule is CN(C)CCNCc1ccccc1OC(F)(F)F.Cl.Cl. The summed E-state index contributed by atoms with van der Waals surface area (Å²) >= 11 is 0. The van der Waals surface area contributed by atoms with Crippen LogP contribution in [0.3, 0.4) is 0 Å². The van der Waals surface area contributed by atoms with Crippen LogP contribution in [0.15, 0.2) is 24.3 Å². The van der Waals surface area contributed by atoms with Gasteiger partial charge in [-0.05, 0) is 20.2 Å². The Morgan fingerprint density at radius 1 is 1.15 bits per heavy atom. The zero-order valence-electron chi connectivity index (χ0n) is 11.2. The Labute approximate surface area is 129 Å². The molecule has 0 aliphatic heterocycles. The Bertz CT molecular complexity index is 376. The van der Waals surface area contributed by atoms with Crippen LogP contribution >= 0.6 is 24.8 Å². The molecule has 0 radical (unpaired) electrons. The number of benzene rings is 1. The highest BCUT2D eigenvalue weighted by molar-refractivity contribution is 5.85. The summed E-state index contributed by atoms with van der Waals surface area (Å²) in [5.41, 5.74) is 0.494. The molecular formula is C12H19Cl2F3N2O. The number of rotatable bonds is 6. The molecule has 20 heavy (non-hydrogen) atoms. The van der Waals surface area contributed by atoms with Crippen molar-refractivity contribution in [2.75, 3.05) is 27.2 Å². The van der Waals surface area contributed by atoms with Gasteiger partial charge in [0, 0.05) is 25.2 Å². The van der Waals surface area contributed by atoms with Gasteiger partial charge >= 0.3 is 6.36 Å². The third kappa shape index (κ3) is 9.25. The summed E-state index contributed by atoms with van der Waals surface area (Å²) in [5, 5.41) is 3.07. The lowest BCUT2D eigenvalue weighted by Gasteiger charge is -2.14. The number of hydrogen-bond donors (Lipinski definition) is 1. The van der Waals surface area contributed by atoms with Crippen LogP contribution in [0.2, 0.25) is 0 Å². The van der Waals surface area contributed by atoms with Gasteiger partial charge in [0.15, 0.2) is 0 Å². The number of likely N-dealkylation sites (N-methyl/N-ethyl adjacent to an activating group) is 1. The Kier molecular flexibility index (Phi) is 10.9. The van der Waals surface area contributed by atoms with Crippen molar-refractivity contribution in [2.45, 2.75) is 12.9 Å². The Hall–Kier alpha value is -0.690. The monoisotopic (exact) mass is 334 g/mol. The molecule has 118 valence electrons. The third-order valence-corrected chi connectivity index (χ3v) is 2.25. The van der Waals surface area contributed by atoms with Crippen molar-refractivity contribution < 1.29 is 17.9 Å². The van der Waals surface area contributed by atoms with Crippen molar-refractivity contribution >= 4 is 24.8 Å². The summed E-state index contributed by atoms with van der Waals surface area (Å²) in [6.45, 7) is 1.87. The van der Waals surface area contributed by atoms with Gasteiger partial charge < -0.3 is 15.0 Å². The maximum Gasteiger partial charge on any atom is 0.573 e. The maximum absolute atomic E-state index is 12.2. The average molecular weight is 335 g/mol. The molecule has 0 aliphatic carbocycles. The lowest BCUT2D eigenvalue weighted by atomic mass is 10.2. The Morgan fingerprint density at radius 2 is 1.75 bits per heavy atom. The standard InChI is InChI=1S/C12H17F3N2O.2ClH/c1-17(2)8-7-16-9-10-5-3-4-6-11(10)18-12(13,14)15;;/h3-6,16H,7-9H2,1-2H3;2*1H. The zero-order valence-corrected chi connectivity index (χ0v) is 12.9. The van der Waals surface area contributed by atoms with E-state index in [0.29, 0.717) is 18.7 Å². The van der Waals surface area contributed by atoms with E-state index in [1.165, 1.54) is 12.1 Å². The summed E-state index contributed by atoms with van der Waals surface area (Å²) in [5.74, 6) is -0.151. The Balaban J connectivity index is 0. The van der Waals surface area contributed by atoms with Crippen LogP contribution in [0.25, 0.3) is 0 Å². The van der Waals surface area contributed by atoms with Gasteiger partial charge in [0.05, 0.1) is 0 Å². The van der Waals surface area contributed by atoms with E-state index in [4.69, 9.17) is 0 Å². The minimum absolute atomic E-state index is 0. The number of hydrogen-bond acceptors (Lipinski definition) is 3. The van der Waals surface area contributed by atoms with Crippen LogP contribution in [-0.2, 0) is 6.54 Å². The first-order valence-electron chi connectivity index (χ1n) is 5.57. The number of alkyl halides is 3. The van der Waals surface area contributed by atoms with Gasteiger partial charge in [-0.1, -0.05) is 18.2 Å². The van der Waals surface area contributed by atoms with Crippen molar-refractivity contribution in [3.63, 3.8) is 0 Å². The summed E-state index contributed by atoms with van der Waals surface area (Å²) in [4.78, 5) is 1.99. The van der Waals surface area contributed by atoms with Crippen LogP contribution in [0.1, 0.15) is 5.56 Å². The molecule has 0 aliphatic rings. The molecule has 0 saturated carbocycles. The molecule has 0 bridgehead atoms. The average Bonchev–Trinajstić information content (AvgIpc) is 2.24. The molecule has 1 aromatic carbocycles. The lowest BCUT2D eigenvalue weighted by Crippen LogP contribution is -2.26.